The molecule has 2 rings (SSSR count). The Morgan fingerprint density at radius 2 is 1.96 bits per heavy atom. The lowest BCUT2D eigenvalue weighted by Crippen LogP contribution is -2.65. The van der Waals surface area contributed by atoms with Gasteiger partial charge < -0.3 is 20.3 Å². The second kappa shape index (κ2) is 11.3. The molecular formula is C19H37IN4O2. The van der Waals surface area contributed by atoms with E-state index >= 15 is 0 Å². The van der Waals surface area contributed by atoms with Crippen LogP contribution < -0.4 is 10.6 Å². The van der Waals surface area contributed by atoms with Gasteiger partial charge in [0, 0.05) is 38.7 Å². The molecule has 2 aliphatic carbocycles. The average molecular weight is 480 g/mol. The zero-order valence-corrected chi connectivity index (χ0v) is 19.2. The van der Waals surface area contributed by atoms with Gasteiger partial charge in [-0.1, -0.05) is 26.2 Å². The molecule has 2 unspecified atom stereocenters. The molecule has 0 aliphatic heterocycles. The van der Waals surface area contributed by atoms with Crippen molar-refractivity contribution < 1.29 is 9.53 Å². The summed E-state index contributed by atoms with van der Waals surface area (Å²) in [5, 5.41) is 7.01. The molecule has 0 bridgehead atoms. The number of ether oxygens (including phenoxy) is 1. The maximum absolute atomic E-state index is 11.9. The third-order valence-electron chi connectivity index (χ3n) is 5.69. The van der Waals surface area contributed by atoms with E-state index in [0.29, 0.717) is 12.1 Å². The van der Waals surface area contributed by atoms with Crippen LogP contribution in [0.1, 0.15) is 58.8 Å². The SMILES string of the molecule is CCCCNC(=NCC(=O)N(C)C)NC1CC(OCC)C12CCCC2.I. The van der Waals surface area contributed by atoms with Crippen LogP contribution in [0.4, 0.5) is 0 Å². The second-order valence-corrected chi connectivity index (χ2v) is 7.55. The van der Waals surface area contributed by atoms with Crippen molar-refractivity contribution in [3.63, 3.8) is 0 Å². The van der Waals surface area contributed by atoms with Crippen LogP contribution in [-0.4, -0.2) is 62.7 Å². The van der Waals surface area contributed by atoms with E-state index < -0.39 is 0 Å². The summed E-state index contributed by atoms with van der Waals surface area (Å²) in [6.45, 7) is 6.10. The van der Waals surface area contributed by atoms with E-state index in [4.69, 9.17) is 4.74 Å². The van der Waals surface area contributed by atoms with Gasteiger partial charge in [-0.2, -0.15) is 0 Å². The number of carbonyl (C=O) groups is 1. The Morgan fingerprint density at radius 3 is 2.54 bits per heavy atom. The first-order valence-corrected chi connectivity index (χ1v) is 9.90. The van der Waals surface area contributed by atoms with Crippen molar-refractivity contribution in [2.24, 2.45) is 10.4 Å². The molecule has 2 fully saturated rings. The van der Waals surface area contributed by atoms with Crippen LogP contribution in [0.3, 0.4) is 0 Å². The normalized spacial score (nSPS) is 23.9. The maximum Gasteiger partial charge on any atom is 0.243 e. The number of nitrogens with zero attached hydrogens (tertiary/aromatic N) is 2. The summed E-state index contributed by atoms with van der Waals surface area (Å²) >= 11 is 0. The minimum atomic E-state index is 0. The van der Waals surface area contributed by atoms with Crippen molar-refractivity contribution in [1.29, 1.82) is 0 Å². The van der Waals surface area contributed by atoms with Crippen LogP contribution in [0.2, 0.25) is 0 Å². The molecule has 7 heteroatoms. The number of aliphatic imine (C=N–C) groups is 1. The third-order valence-corrected chi connectivity index (χ3v) is 5.69. The maximum atomic E-state index is 11.9. The highest BCUT2D eigenvalue weighted by atomic mass is 127. The fourth-order valence-corrected chi connectivity index (χ4v) is 4.08. The highest BCUT2D eigenvalue weighted by Gasteiger charge is 2.56. The minimum Gasteiger partial charge on any atom is -0.378 e. The van der Waals surface area contributed by atoms with Gasteiger partial charge in [0.25, 0.3) is 0 Å². The van der Waals surface area contributed by atoms with E-state index in [-0.39, 0.29) is 41.8 Å². The molecule has 0 saturated heterocycles. The Bertz CT molecular complexity index is 464. The van der Waals surface area contributed by atoms with Gasteiger partial charge in [0.15, 0.2) is 5.96 Å². The summed E-state index contributed by atoms with van der Waals surface area (Å²) in [6, 6.07) is 0.397. The molecule has 2 saturated carbocycles. The van der Waals surface area contributed by atoms with E-state index in [1.807, 2.05) is 0 Å². The predicted molar refractivity (Wildman–Crippen MR) is 117 cm³/mol. The number of unbranched alkanes of at least 4 members (excludes halogenated alkanes) is 1. The third kappa shape index (κ3) is 5.71. The van der Waals surface area contributed by atoms with E-state index in [1.54, 1.807) is 19.0 Å². The summed E-state index contributed by atoms with van der Waals surface area (Å²) in [6.07, 6.45) is 8.67. The van der Waals surface area contributed by atoms with Crippen molar-refractivity contribution in [1.82, 2.24) is 15.5 Å². The molecule has 2 atom stereocenters. The van der Waals surface area contributed by atoms with Crippen LogP contribution in [0.25, 0.3) is 0 Å². The quantitative estimate of drug-likeness (QED) is 0.243. The van der Waals surface area contributed by atoms with E-state index in [2.05, 4.69) is 29.5 Å². The molecule has 0 heterocycles. The first kappa shape index (κ1) is 23.5. The van der Waals surface area contributed by atoms with Gasteiger partial charge in [-0.05, 0) is 32.6 Å². The van der Waals surface area contributed by atoms with Crippen molar-refractivity contribution >= 4 is 35.8 Å². The van der Waals surface area contributed by atoms with E-state index in [0.717, 1.165) is 38.4 Å². The lowest BCUT2D eigenvalue weighted by atomic mass is 9.60. The average Bonchev–Trinajstić information content (AvgIpc) is 3.10. The first-order chi connectivity index (χ1) is 12.0. The predicted octanol–water partition coefficient (Wildman–Crippen LogP) is 2.77. The summed E-state index contributed by atoms with van der Waals surface area (Å²) < 4.78 is 5.99. The molecule has 152 valence electrons. The summed E-state index contributed by atoms with van der Waals surface area (Å²) in [4.78, 5) is 18.0. The smallest absolute Gasteiger partial charge is 0.243 e. The summed E-state index contributed by atoms with van der Waals surface area (Å²) in [7, 11) is 3.53. The molecule has 1 spiro atoms. The topological polar surface area (TPSA) is 66.0 Å². The molecule has 0 aromatic carbocycles. The molecule has 0 aromatic rings. The summed E-state index contributed by atoms with van der Waals surface area (Å²) in [5.41, 5.74) is 0.259. The first-order valence-electron chi connectivity index (χ1n) is 9.90. The van der Waals surface area contributed by atoms with Crippen LogP contribution in [0.15, 0.2) is 4.99 Å². The lowest BCUT2D eigenvalue weighted by Gasteiger charge is -2.54. The number of halogens is 1. The van der Waals surface area contributed by atoms with Crippen LogP contribution >= 0.6 is 24.0 Å². The van der Waals surface area contributed by atoms with Crippen LogP contribution in [0, 0.1) is 5.41 Å². The highest BCUT2D eigenvalue weighted by Crippen LogP contribution is 2.54. The van der Waals surface area contributed by atoms with E-state index in [9.17, 15) is 4.79 Å². The molecule has 2 N–H and O–H groups in total. The van der Waals surface area contributed by atoms with Gasteiger partial charge in [-0.3, -0.25) is 4.79 Å². The summed E-state index contributed by atoms with van der Waals surface area (Å²) in [5.74, 6) is 0.794. The number of guanidine groups is 1. The molecule has 2 aliphatic rings. The number of likely N-dealkylation sites (N-methyl/N-ethyl adjacent to an activating group) is 1. The van der Waals surface area contributed by atoms with Crippen molar-refractivity contribution in [3.8, 4) is 0 Å². The Kier molecular flexibility index (Phi) is 10.2. The zero-order chi connectivity index (χ0) is 18.3. The minimum absolute atomic E-state index is 0. The van der Waals surface area contributed by atoms with Gasteiger partial charge in [-0.25, -0.2) is 4.99 Å². The number of nitrogens with one attached hydrogen (secondary N) is 2. The molecule has 0 aromatic heterocycles. The molecule has 0 radical (unpaired) electrons. The van der Waals surface area contributed by atoms with Gasteiger partial charge in [0.05, 0.1) is 6.10 Å². The monoisotopic (exact) mass is 480 g/mol. The number of rotatable bonds is 8. The zero-order valence-electron chi connectivity index (χ0n) is 16.8. The molecule has 26 heavy (non-hydrogen) atoms. The highest BCUT2D eigenvalue weighted by molar-refractivity contribution is 14.0. The lowest BCUT2D eigenvalue weighted by molar-refractivity contribution is -0.127. The molecular weight excluding hydrogens is 443 g/mol. The van der Waals surface area contributed by atoms with Gasteiger partial charge in [0.2, 0.25) is 5.91 Å². The second-order valence-electron chi connectivity index (χ2n) is 7.55. The number of hydrogen-bond acceptors (Lipinski definition) is 3. The number of carbonyl (C=O) groups excluding carboxylic acids is 1. The van der Waals surface area contributed by atoms with Crippen molar-refractivity contribution in [3.05, 3.63) is 0 Å². The molecule has 6 nitrogen and oxygen atoms in total. The largest absolute Gasteiger partial charge is 0.378 e. The Labute approximate surface area is 175 Å². The van der Waals surface area contributed by atoms with Gasteiger partial charge in [0.1, 0.15) is 6.54 Å². The fraction of sp³-hybridized carbons (Fsp3) is 0.895. The van der Waals surface area contributed by atoms with E-state index in [1.165, 1.54) is 25.7 Å². The Hall–Kier alpha value is -0.570. The number of amides is 1. The molecule has 1 amide bonds. The standard InChI is InChI=1S/C19H36N4O2.HI/c1-5-7-12-20-18(21-14-17(24)23(3)4)22-15-13-16(25-6-2)19(15)10-8-9-11-19;/h15-16H,5-14H2,1-4H3,(H2,20,21,22);1H. The van der Waals surface area contributed by atoms with Crippen LogP contribution in [0.5, 0.6) is 0 Å². The van der Waals surface area contributed by atoms with Gasteiger partial charge in [-0.15, -0.1) is 24.0 Å². The van der Waals surface area contributed by atoms with Gasteiger partial charge >= 0.3 is 0 Å². The fourth-order valence-electron chi connectivity index (χ4n) is 4.08. The van der Waals surface area contributed by atoms with Crippen molar-refractivity contribution in [2.75, 3.05) is 33.8 Å². The Morgan fingerprint density at radius 1 is 1.27 bits per heavy atom. The van der Waals surface area contributed by atoms with Crippen molar-refractivity contribution in [2.45, 2.75) is 70.9 Å². The van der Waals surface area contributed by atoms with Crippen LogP contribution in [-0.2, 0) is 9.53 Å². The number of hydrogen-bond donors (Lipinski definition) is 2. The Balaban J connectivity index is 0.00000338.